The van der Waals surface area contributed by atoms with E-state index in [1.807, 2.05) is 0 Å². The van der Waals surface area contributed by atoms with Crippen molar-refractivity contribution in [3.05, 3.63) is 0 Å². The topological polar surface area (TPSA) is 70.9 Å². The van der Waals surface area contributed by atoms with Gasteiger partial charge in [0.2, 0.25) is 0 Å². The van der Waals surface area contributed by atoms with E-state index in [1.54, 1.807) is 0 Å². The van der Waals surface area contributed by atoms with Crippen molar-refractivity contribution in [3.63, 3.8) is 0 Å². The van der Waals surface area contributed by atoms with Crippen LogP contribution in [-0.4, -0.2) is 41.9 Å². The summed E-state index contributed by atoms with van der Waals surface area (Å²) in [7, 11) is 0. The Morgan fingerprint density at radius 2 is 2.00 bits per heavy atom. The lowest BCUT2D eigenvalue weighted by Gasteiger charge is -2.62. The predicted molar refractivity (Wildman–Crippen MR) is 117 cm³/mol. The molecule has 0 aromatic heterocycles. The van der Waals surface area contributed by atoms with Gasteiger partial charge in [0.1, 0.15) is 11.9 Å². The molecule has 0 aromatic rings. The van der Waals surface area contributed by atoms with Gasteiger partial charge in [-0.15, -0.1) is 0 Å². The molecule has 5 rings (SSSR count). The number of fused-ring (bicyclic) bond motifs is 5. The summed E-state index contributed by atoms with van der Waals surface area (Å²) in [4.78, 5) is 18.6. The summed E-state index contributed by atoms with van der Waals surface area (Å²) < 4.78 is 0. The Hall–Kier alpha value is -0.940. The van der Waals surface area contributed by atoms with E-state index in [0.717, 1.165) is 70.9 Å². The standard InChI is InChI=1S/C25H40N2O3/c1-4-16-20(27-30-15-9-12-26-14-15)8-11-25(3)19-7-10-24(2)18(5-6-22(24)29)17(19)13-21(28)23(16)25/h15-19,21,23,26,28H,4-14H2,1-3H3/b27-20-/t15-,16+,17+,18+,19+,21?,23?,24+,25-/m1/s1. The number of nitrogens with one attached hydrogen (secondary N) is 1. The van der Waals surface area contributed by atoms with Crippen LogP contribution in [-0.2, 0) is 9.63 Å². The van der Waals surface area contributed by atoms with Gasteiger partial charge in [-0.05, 0) is 80.6 Å². The molecule has 5 heteroatoms. The average Bonchev–Trinajstić information content (AvgIpc) is 3.34. The third kappa shape index (κ3) is 3.02. The SMILES string of the molecule is CC[C@H]1/C(=N\O[C@@H]2CCNC2)CC[C@@]2(C)C1C(O)C[C@@H]1[C@@H]2CC[C@]2(C)C(=O)CC[C@@H]12. The first-order valence-corrected chi connectivity index (χ1v) is 12.5. The minimum atomic E-state index is -0.294. The van der Waals surface area contributed by atoms with Crippen LogP contribution in [0.5, 0.6) is 0 Å². The molecule has 2 N–H and O–H groups in total. The maximum Gasteiger partial charge on any atom is 0.141 e. The smallest absolute Gasteiger partial charge is 0.141 e. The lowest BCUT2D eigenvalue weighted by Crippen LogP contribution is -2.60. The van der Waals surface area contributed by atoms with Gasteiger partial charge in [0, 0.05) is 30.7 Å². The maximum atomic E-state index is 12.7. The fourth-order valence-electron chi connectivity index (χ4n) is 8.65. The fraction of sp³-hybridized carbons (Fsp3) is 0.920. The van der Waals surface area contributed by atoms with Crippen LogP contribution in [0.3, 0.4) is 0 Å². The maximum absolute atomic E-state index is 12.7. The highest BCUT2D eigenvalue weighted by Crippen LogP contribution is 2.66. The van der Waals surface area contributed by atoms with E-state index in [-0.39, 0.29) is 29.0 Å². The molecule has 0 amide bonds. The third-order valence-electron chi connectivity index (χ3n) is 10.2. The molecule has 2 unspecified atom stereocenters. The zero-order chi connectivity index (χ0) is 21.1. The zero-order valence-corrected chi connectivity index (χ0v) is 19.0. The number of oxime groups is 1. The van der Waals surface area contributed by atoms with Gasteiger partial charge in [-0.2, -0.15) is 0 Å². The highest BCUT2D eigenvalue weighted by atomic mass is 16.6. The van der Waals surface area contributed by atoms with Crippen LogP contribution >= 0.6 is 0 Å². The van der Waals surface area contributed by atoms with Crippen LogP contribution in [0.4, 0.5) is 0 Å². The van der Waals surface area contributed by atoms with Crippen molar-refractivity contribution in [2.75, 3.05) is 13.1 Å². The lowest BCUT2D eigenvalue weighted by atomic mass is 9.43. The average molecular weight is 417 g/mol. The van der Waals surface area contributed by atoms with E-state index < -0.39 is 0 Å². The van der Waals surface area contributed by atoms with Crippen molar-refractivity contribution in [2.45, 2.75) is 90.8 Å². The summed E-state index contributed by atoms with van der Waals surface area (Å²) in [5.74, 6) is 2.67. The molecule has 4 saturated carbocycles. The molecule has 30 heavy (non-hydrogen) atoms. The monoisotopic (exact) mass is 416 g/mol. The second-order valence-electron chi connectivity index (χ2n) is 11.4. The van der Waals surface area contributed by atoms with Crippen molar-refractivity contribution in [1.82, 2.24) is 5.32 Å². The minimum absolute atomic E-state index is 0.126. The van der Waals surface area contributed by atoms with E-state index in [2.05, 4.69) is 31.2 Å². The lowest BCUT2D eigenvalue weighted by molar-refractivity contribution is -0.161. The molecule has 0 bridgehead atoms. The Morgan fingerprint density at radius 3 is 2.73 bits per heavy atom. The highest BCUT2D eigenvalue weighted by molar-refractivity contribution is 5.88. The molecule has 168 valence electrons. The first-order valence-electron chi connectivity index (χ1n) is 12.5. The number of ketones is 1. The number of carbonyl (C=O) groups is 1. The van der Waals surface area contributed by atoms with Gasteiger partial charge in [0.05, 0.1) is 11.8 Å². The molecule has 0 aromatic carbocycles. The molecule has 5 fully saturated rings. The van der Waals surface area contributed by atoms with Crippen LogP contribution in [0.25, 0.3) is 0 Å². The van der Waals surface area contributed by atoms with Crippen molar-refractivity contribution < 1.29 is 14.7 Å². The largest absolute Gasteiger partial charge is 0.393 e. The molecule has 9 atom stereocenters. The van der Waals surface area contributed by atoms with Crippen molar-refractivity contribution in [2.24, 2.45) is 45.6 Å². The second-order valence-corrected chi connectivity index (χ2v) is 11.4. The summed E-state index contributed by atoms with van der Waals surface area (Å²) in [6.07, 6.45) is 8.88. The Bertz CT molecular complexity index is 717. The van der Waals surface area contributed by atoms with Crippen LogP contribution in [0, 0.1) is 40.4 Å². The van der Waals surface area contributed by atoms with Crippen molar-refractivity contribution in [3.8, 4) is 0 Å². The summed E-state index contributed by atoms with van der Waals surface area (Å²) in [5.41, 5.74) is 1.20. The number of carbonyl (C=O) groups excluding carboxylic acids is 1. The van der Waals surface area contributed by atoms with Gasteiger partial charge in [-0.1, -0.05) is 25.9 Å². The summed E-state index contributed by atoms with van der Waals surface area (Å²) in [6.45, 7) is 8.82. The number of Topliss-reactive ketones (excluding diaryl/α,β-unsaturated/α-hetero) is 1. The van der Waals surface area contributed by atoms with Crippen LogP contribution < -0.4 is 5.32 Å². The van der Waals surface area contributed by atoms with Gasteiger partial charge >= 0.3 is 0 Å². The van der Waals surface area contributed by atoms with Gasteiger partial charge in [0.15, 0.2) is 0 Å². The number of nitrogens with zero attached hydrogens (tertiary/aromatic N) is 1. The molecule has 4 aliphatic carbocycles. The highest BCUT2D eigenvalue weighted by Gasteiger charge is 2.63. The first-order chi connectivity index (χ1) is 14.4. The van der Waals surface area contributed by atoms with E-state index in [9.17, 15) is 9.90 Å². The number of hydrogen-bond donors (Lipinski definition) is 2. The second kappa shape index (κ2) is 7.58. The van der Waals surface area contributed by atoms with Crippen LogP contribution in [0.1, 0.15) is 78.6 Å². The molecule has 0 radical (unpaired) electrons. The number of aliphatic hydroxyl groups excluding tert-OH is 1. The minimum Gasteiger partial charge on any atom is -0.393 e. The first kappa shape index (κ1) is 20.9. The molecular formula is C25H40N2O3. The van der Waals surface area contributed by atoms with E-state index in [1.165, 1.54) is 5.71 Å². The molecule has 5 aliphatic rings. The Morgan fingerprint density at radius 1 is 1.17 bits per heavy atom. The van der Waals surface area contributed by atoms with Gasteiger partial charge in [0.25, 0.3) is 0 Å². The van der Waals surface area contributed by atoms with E-state index in [4.69, 9.17) is 4.84 Å². The zero-order valence-electron chi connectivity index (χ0n) is 19.0. The normalized spacial score (nSPS) is 52.1. The van der Waals surface area contributed by atoms with Gasteiger partial charge in [-0.25, -0.2) is 0 Å². The van der Waals surface area contributed by atoms with Gasteiger partial charge < -0.3 is 15.3 Å². The predicted octanol–water partition coefficient (Wildman–Crippen LogP) is 3.94. The van der Waals surface area contributed by atoms with Crippen LogP contribution in [0.15, 0.2) is 5.16 Å². The molecule has 1 aliphatic heterocycles. The summed E-state index contributed by atoms with van der Waals surface area (Å²) in [6, 6.07) is 0. The Balaban J connectivity index is 1.41. The number of hydrogen-bond acceptors (Lipinski definition) is 5. The fourth-order valence-corrected chi connectivity index (χ4v) is 8.65. The van der Waals surface area contributed by atoms with E-state index in [0.29, 0.717) is 29.5 Å². The van der Waals surface area contributed by atoms with Crippen LogP contribution in [0.2, 0.25) is 0 Å². The molecular weight excluding hydrogens is 376 g/mol. The molecule has 1 heterocycles. The molecule has 5 nitrogen and oxygen atoms in total. The van der Waals surface area contributed by atoms with Gasteiger partial charge in [-0.3, -0.25) is 4.79 Å². The Labute approximate surface area is 181 Å². The van der Waals surface area contributed by atoms with Crippen molar-refractivity contribution in [1.29, 1.82) is 0 Å². The van der Waals surface area contributed by atoms with Crippen molar-refractivity contribution >= 4 is 11.5 Å². The third-order valence-corrected chi connectivity index (χ3v) is 10.2. The van der Waals surface area contributed by atoms with E-state index >= 15 is 0 Å². The summed E-state index contributed by atoms with van der Waals surface area (Å²) in [5, 5.41) is 19.5. The molecule has 1 saturated heterocycles. The Kier molecular flexibility index (Phi) is 5.29. The quantitative estimate of drug-likeness (QED) is 0.684. The number of aliphatic hydroxyl groups is 1. The molecule has 0 spiro atoms. The number of rotatable bonds is 3. The summed E-state index contributed by atoms with van der Waals surface area (Å²) >= 11 is 0.